The minimum atomic E-state index is -0.0974. The Labute approximate surface area is 110 Å². The maximum Gasteiger partial charge on any atom is 0.217 e. The van der Waals surface area contributed by atoms with Gasteiger partial charge in [0.15, 0.2) is 6.29 Å². The molecule has 0 aliphatic carbocycles. The maximum atomic E-state index is 11.0. The molecule has 5 heteroatoms. The van der Waals surface area contributed by atoms with Crippen molar-refractivity contribution in [1.82, 2.24) is 10.2 Å². The van der Waals surface area contributed by atoms with E-state index in [0.29, 0.717) is 19.3 Å². The van der Waals surface area contributed by atoms with Crippen molar-refractivity contribution in [2.45, 2.75) is 45.9 Å². The Hall–Kier alpha value is -0.650. The summed E-state index contributed by atoms with van der Waals surface area (Å²) in [7, 11) is 0. The smallest absolute Gasteiger partial charge is 0.217 e. The van der Waals surface area contributed by atoms with Crippen LogP contribution in [0.2, 0.25) is 0 Å². The molecule has 1 fully saturated rings. The van der Waals surface area contributed by atoms with Gasteiger partial charge in [0.1, 0.15) is 0 Å². The third-order valence-corrected chi connectivity index (χ3v) is 3.07. The van der Waals surface area contributed by atoms with E-state index in [-0.39, 0.29) is 12.2 Å². The first-order valence-corrected chi connectivity index (χ1v) is 6.88. The normalized spacial score (nSPS) is 20.6. The lowest BCUT2D eigenvalue weighted by Crippen LogP contribution is -2.36. The molecule has 0 spiro atoms. The van der Waals surface area contributed by atoms with E-state index in [1.165, 1.54) is 0 Å². The molecule has 5 nitrogen and oxygen atoms in total. The minimum Gasteiger partial charge on any atom is -0.353 e. The monoisotopic (exact) mass is 258 g/mol. The number of carbonyl (C=O) groups excluding carboxylic acids is 1. The van der Waals surface area contributed by atoms with Gasteiger partial charge in [0, 0.05) is 52.2 Å². The lowest BCUT2D eigenvalue weighted by molar-refractivity contribution is -0.141. The lowest BCUT2D eigenvalue weighted by Gasteiger charge is -2.21. The van der Waals surface area contributed by atoms with E-state index in [4.69, 9.17) is 9.47 Å². The Bertz CT molecular complexity index is 242. The highest BCUT2D eigenvalue weighted by atomic mass is 16.7. The van der Waals surface area contributed by atoms with E-state index in [0.717, 1.165) is 32.5 Å². The van der Waals surface area contributed by atoms with Crippen LogP contribution in [0.1, 0.15) is 33.6 Å². The number of rotatable bonds is 8. The van der Waals surface area contributed by atoms with Crippen LogP contribution in [0.25, 0.3) is 0 Å². The van der Waals surface area contributed by atoms with Gasteiger partial charge in [-0.05, 0) is 20.3 Å². The summed E-state index contributed by atoms with van der Waals surface area (Å²) in [6.07, 6.45) is 1.82. The van der Waals surface area contributed by atoms with Crippen molar-refractivity contribution < 1.29 is 14.3 Å². The number of carbonyl (C=O) groups is 1. The number of hydrogen-bond donors (Lipinski definition) is 1. The van der Waals surface area contributed by atoms with Crippen LogP contribution in [-0.2, 0) is 14.3 Å². The first-order chi connectivity index (χ1) is 8.65. The molecule has 1 heterocycles. The average molecular weight is 258 g/mol. The predicted molar refractivity (Wildman–Crippen MR) is 70.3 cm³/mol. The molecule has 1 N–H and O–H groups in total. The van der Waals surface area contributed by atoms with Gasteiger partial charge in [-0.15, -0.1) is 0 Å². The summed E-state index contributed by atoms with van der Waals surface area (Å²) in [6, 6.07) is 0.306. The van der Waals surface area contributed by atoms with Gasteiger partial charge in [-0.1, -0.05) is 0 Å². The largest absolute Gasteiger partial charge is 0.353 e. The minimum absolute atomic E-state index is 0.0587. The van der Waals surface area contributed by atoms with Crippen molar-refractivity contribution in [3.05, 3.63) is 0 Å². The molecular weight excluding hydrogens is 232 g/mol. The van der Waals surface area contributed by atoms with Crippen LogP contribution in [0, 0.1) is 0 Å². The summed E-state index contributed by atoms with van der Waals surface area (Å²) in [6.45, 7) is 9.83. The van der Waals surface area contributed by atoms with Crippen LogP contribution in [0.3, 0.4) is 0 Å². The molecule has 1 amide bonds. The first kappa shape index (κ1) is 15.4. The third kappa shape index (κ3) is 5.80. The SMILES string of the molecule is CCOC(CCN1CCC(NC(C)=O)C1)OCC. The Morgan fingerprint density at radius 3 is 2.61 bits per heavy atom. The predicted octanol–water partition coefficient (Wildman–Crippen LogP) is 0.986. The fourth-order valence-corrected chi connectivity index (χ4v) is 2.32. The van der Waals surface area contributed by atoms with Gasteiger partial charge in [-0.3, -0.25) is 4.79 Å². The second kappa shape index (κ2) is 8.45. The first-order valence-electron chi connectivity index (χ1n) is 6.88. The molecule has 18 heavy (non-hydrogen) atoms. The number of ether oxygens (including phenoxy) is 2. The van der Waals surface area contributed by atoms with Crippen molar-refractivity contribution in [3.8, 4) is 0 Å². The molecule has 1 rings (SSSR count). The van der Waals surface area contributed by atoms with Crippen LogP contribution in [0.15, 0.2) is 0 Å². The summed E-state index contributed by atoms with van der Waals surface area (Å²) in [4.78, 5) is 13.3. The van der Waals surface area contributed by atoms with Crippen molar-refractivity contribution in [2.75, 3.05) is 32.8 Å². The second-order valence-corrected chi connectivity index (χ2v) is 4.62. The number of nitrogens with one attached hydrogen (secondary N) is 1. The van der Waals surface area contributed by atoms with E-state index < -0.39 is 0 Å². The van der Waals surface area contributed by atoms with Crippen LogP contribution >= 0.6 is 0 Å². The standard InChI is InChI=1S/C13H26N2O3/c1-4-17-13(18-5-2)7-9-15-8-6-12(10-15)14-11(3)16/h12-13H,4-10H2,1-3H3,(H,14,16). The van der Waals surface area contributed by atoms with Crippen molar-refractivity contribution in [2.24, 2.45) is 0 Å². The third-order valence-electron chi connectivity index (χ3n) is 3.07. The van der Waals surface area contributed by atoms with Crippen molar-refractivity contribution in [3.63, 3.8) is 0 Å². The van der Waals surface area contributed by atoms with Gasteiger partial charge < -0.3 is 19.7 Å². The van der Waals surface area contributed by atoms with Crippen LogP contribution in [0.5, 0.6) is 0 Å². The van der Waals surface area contributed by atoms with Gasteiger partial charge in [0.25, 0.3) is 0 Å². The lowest BCUT2D eigenvalue weighted by atomic mass is 10.2. The van der Waals surface area contributed by atoms with Gasteiger partial charge in [0.2, 0.25) is 5.91 Å². The second-order valence-electron chi connectivity index (χ2n) is 4.62. The highest BCUT2D eigenvalue weighted by Crippen LogP contribution is 2.11. The summed E-state index contributed by atoms with van der Waals surface area (Å²) in [5, 5.41) is 2.97. The molecule has 0 aromatic heterocycles. The quantitative estimate of drug-likeness (QED) is 0.660. The van der Waals surface area contributed by atoms with E-state index in [9.17, 15) is 4.79 Å². The molecule has 1 saturated heterocycles. The van der Waals surface area contributed by atoms with Crippen molar-refractivity contribution >= 4 is 5.91 Å². The fourth-order valence-electron chi connectivity index (χ4n) is 2.32. The van der Waals surface area contributed by atoms with E-state index in [1.807, 2.05) is 13.8 Å². The number of amides is 1. The Balaban J connectivity index is 2.21. The van der Waals surface area contributed by atoms with Crippen molar-refractivity contribution in [1.29, 1.82) is 0 Å². The molecular formula is C13H26N2O3. The zero-order valence-corrected chi connectivity index (χ0v) is 11.8. The summed E-state index contributed by atoms with van der Waals surface area (Å²) in [5.41, 5.74) is 0. The maximum absolute atomic E-state index is 11.0. The number of likely N-dealkylation sites (tertiary alicyclic amines) is 1. The molecule has 0 bridgehead atoms. The van der Waals surface area contributed by atoms with Crippen LogP contribution in [0.4, 0.5) is 0 Å². The molecule has 0 saturated carbocycles. The molecule has 1 aliphatic rings. The Morgan fingerprint density at radius 1 is 1.39 bits per heavy atom. The summed E-state index contributed by atoms with van der Waals surface area (Å²) >= 11 is 0. The van der Waals surface area contributed by atoms with Gasteiger partial charge in [0.05, 0.1) is 0 Å². The molecule has 0 aromatic rings. The highest BCUT2D eigenvalue weighted by molar-refractivity contribution is 5.73. The van der Waals surface area contributed by atoms with E-state index in [2.05, 4.69) is 10.2 Å². The molecule has 106 valence electrons. The van der Waals surface area contributed by atoms with Crippen LogP contribution in [-0.4, -0.2) is 56.0 Å². The number of nitrogens with zero attached hydrogens (tertiary/aromatic N) is 1. The summed E-state index contributed by atoms with van der Waals surface area (Å²) in [5.74, 6) is 0.0587. The average Bonchev–Trinajstić information content (AvgIpc) is 2.73. The van der Waals surface area contributed by atoms with E-state index >= 15 is 0 Å². The zero-order valence-electron chi connectivity index (χ0n) is 11.8. The molecule has 0 radical (unpaired) electrons. The number of hydrogen-bond acceptors (Lipinski definition) is 4. The van der Waals surface area contributed by atoms with Gasteiger partial charge >= 0.3 is 0 Å². The Kier molecular flexibility index (Phi) is 7.23. The van der Waals surface area contributed by atoms with Gasteiger partial charge in [-0.2, -0.15) is 0 Å². The molecule has 1 unspecified atom stereocenters. The van der Waals surface area contributed by atoms with Gasteiger partial charge in [-0.25, -0.2) is 0 Å². The Morgan fingerprint density at radius 2 is 2.06 bits per heavy atom. The molecule has 1 aliphatic heterocycles. The molecule has 1 atom stereocenters. The summed E-state index contributed by atoms with van der Waals surface area (Å²) < 4.78 is 11.0. The zero-order chi connectivity index (χ0) is 13.4. The highest BCUT2D eigenvalue weighted by Gasteiger charge is 2.23. The topological polar surface area (TPSA) is 50.8 Å². The fraction of sp³-hybridized carbons (Fsp3) is 0.923. The molecule has 0 aromatic carbocycles. The van der Waals surface area contributed by atoms with E-state index in [1.54, 1.807) is 6.92 Å². The van der Waals surface area contributed by atoms with Crippen LogP contribution < -0.4 is 5.32 Å².